The normalized spacial score (nSPS) is 18.9. The lowest BCUT2D eigenvalue weighted by atomic mass is 10.0. The molecule has 4 nitrogen and oxygen atoms in total. The fourth-order valence-electron chi connectivity index (χ4n) is 3.60. The van der Waals surface area contributed by atoms with Gasteiger partial charge in [0.25, 0.3) is 0 Å². The minimum Gasteiger partial charge on any atom is -0.367 e. The van der Waals surface area contributed by atoms with Gasteiger partial charge in [-0.25, -0.2) is 0 Å². The molecule has 0 N–H and O–H groups in total. The molecule has 1 aromatic rings. The van der Waals surface area contributed by atoms with Gasteiger partial charge in [0.05, 0.1) is 11.4 Å². The Bertz CT molecular complexity index is 523. The van der Waals surface area contributed by atoms with E-state index in [1.54, 1.807) is 0 Å². The molecule has 3 rings (SSSR count). The largest absolute Gasteiger partial charge is 0.367 e. The van der Waals surface area contributed by atoms with Gasteiger partial charge in [-0.2, -0.15) is 0 Å². The number of anilines is 2. The highest BCUT2D eigenvalue weighted by atomic mass is 16.2. The average molecular weight is 301 g/mol. The average Bonchev–Trinajstić information content (AvgIpc) is 3.06. The number of carbonyl (C=O) groups excluding carboxylic acids is 1. The Kier molecular flexibility index (Phi) is 4.67. The van der Waals surface area contributed by atoms with Gasteiger partial charge < -0.3 is 14.7 Å². The second-order valence-electron chi connectivity index (χ2n) is 6.75. The fourth-order valence-corrected chi connectivity index (χ4v) is 3.60. The van der Waals surface area contributed by atoms with E-state index in [1.165, 1.54) is 18.5 Å². The van der Waals surface area contributed by atoms with Crippen molar-refractivity contribution in [2.75, 3.05) is 50.1 Å². The van der Waals surface area contributed by atoms with Crippen LogP contribution in [0, 0.1) is 5.92 Å². The molecule has 1 aliphatic heterocycles. The minimum atomic E-state index is 0.251. The first kappa shape index (κ1) is 15.3. The van der Waals surface area contributed by atoms with Crippen LogP contribution in [0.25, 0.3) is 0 Å². The van der Waals surface area contributed by atoms with Crippen LogP contribution in [0.5, 0.6) is 0 Å². The van der Waals surface area contributed by atoms with Crippen LogP contribution >= 0.6 is 0 Å². The van der Waals surface area contributed by atoms with Crippen molar-refractivity contribution < 1.29 is 4.79 Å². The van der Waals surface area contributed by atoms with Crippen molar-refractivity contribution in [1.82, 2.24) is 4.90 Å². The van der Waals surface area contributed by atoms with E-state index in [1.807, 2.05) is 11.0 Å². The lowest BCUT2D eigenvalue weighted by Gasteiger charge is -2.39. The van der Waals surface area contributed by atoms with E-state index < -0.39 is 0 Å². The van der Waals surface area contributed by atoms with Crippen LogP contribution in [0.4, 0.5) is 11.4 Å². The number of hydrogen-bond donors (Lipinski definition) is 0. The summed E-state index contributed by atoms with van der Waals surface area (Å²) in [4.78, 5) is 19.5. The summed E-state index contributed by atoms with van der Waals surface area (Å²) in [5.74, 6) is 0.596. The Balaban J connectivity index is 1.79. The lowest BCUT2D eigenvalue weighted by molar-refractivity contribution is -0.122. The predicted octanol–water partition coefficient (Wildman–Crippen LogP) is 2.59. The van der Waals surface area contributed by atoms with Crippen molar-refractivity contribution >= 4 is 17.3 Å². The molecule has 4 heteroatoms. The summed E-state index contributed by atoms with van der Waals surface area (Å²) in [5, 5.41) is 0. The van der Waals surface area contributed by atoms with Gasteiger partial charge in [0, 0.05) is 32.1 Å². The Labute approximate surface area is 133 Å². The summed E-state index contributed by atoms with van der Waals surface area (Å²) < 4.78 is 0. The molecule has 1 saturated carbocycles. The molecule has 0 radical (unpaired) electrons. The third-order valence-electron chi connectivity index (χ3n) is 4.89. The quantitative estimate of drug-likeness (QED) is 0.855. The zero-order valence-corrected chi connectivity index (χ0v) is 13.8. The minimum absolute atomic E-state index is 0.251. The standard InChI is InChI=1S/C18H27N3O/c1-19(2)11-12-20-13-14-21(17-10-6-5-9-16(17)20)18(22)15-7-3-4-8-15/h5-6,9-10,15H,3-4,7-8,11-14H2,1-2H3. The van der Waals surface area contributed by atoms with Gasteiger partial charge in [0.2, 0.25) is 5.91 Å². The summed E-state index contributed by atoms with van der Waals surface area (Å²) in [7, 11) is 4.21. The van der Waals surface area contributed by atoms with Crippen molar-refractivity contribution in [3.8, 4) is 0 Å². The van der Waals surface area contributed by atoms with E-state index in [0.717, 1.165) is 44.7 Å². The number of benzene rings is 1. The number of nitrogens with zero attached hydrogens (tertiary/aromatic N) is 3. The maximum absolute atomic E-state index is 12.8. The molecule has 0 bridgehead atoms. The maximum atomic E-state index is 12.8. The number of rotatable bonds is 4. The molecule has 0 spiro atoms. The number of carbonyl (C=O) groups is 1. The van der Waals surface area contributed by atoms with Gasteiger partial charge in [-0.3, -0.25) is 4.79 Å². The highest BCUT2D eigenvalue weighted by Gasteiger charge is 2.32. The molecule has 1 fully saturated rings. The topological polar surface area (TPSA) is 26.8 Å². The molecular weight excluding hydrogens is 274 g/mol. The first-order valence-electron chi connectivity index (χ1n) is 8.47. The summed E-state index contributed by atoms with van der Waals surface area (Å²) in [6.07, 6.45) is 4.56. The van der Waals surface area contributed by atoms with Crippen LogP contribution in [0.3, 0.4) is 0 Å². The van der Waals surface area contributed by atoms with E-state index in [2.05, 4.69) is 42.1 Å². The van der Waals surface area contributed by atoms with Crippen molar-refractivity contribution in [2.45, 2.75) is 25.7 Å². The first-order valence-corrected chi connectivity index (χ1v) is 8.47. The van der Waals surface area contributed by atoms with Crippen LogP contribution in [-0.4, -0.2) is 51.1 Å². The van der Waals surface area contributed by atoms with Gasteiger partial charge in [0.1, 0.15) is 0 Å². The zero-order chi connectivity index (χ0) is 15.5. The Morgan fingerprint density at radius 2 is 1.82 bits per heavy atom. The molecule has 0 unspecified atom stereocenters. The highest BCUT2D eigenvalue weighted by molar-refractivity contribution is 5.99. The number of amides is 1. The molecule has 1 aliphatic carbocycles. The molecule has 1 heterocycles. The van der Waals surface area contributed by atoms with E-state index in [0.29, 0.717) is 5.91 Å². The molecule has 0 aromatic heterocycles. The molecule has 1 aromatic carbocycles. The fraction of sp³-hybridized carbons (Fsp3) is 0.611. The lowest BCUT2D eigenvalue weighted by Crippen LogP contribution is -2.47. The third-order valence-corrected chi connectivity index (χ3v) is 4.89. The molecule has 2 aliphatic rings. The van der Waals surface area contributed by atoms with Crippen LogP contribution < -0.4 is 9.80 Å². The Hall–Kier alpha value is -1.55. The van der Waals surface area contributed by atoms with Crippen LogP contribution in [0.2, 0.25) is 0 Å². The molecule has 22 heavy (non-hydrogen) atoms. The van der Waals surface area contributed by atoms with Crippen LogP contribution in [-0.2, 0) is 4.79 Å². The van der Waals surface area contributed by atoms with E-state index >= 15 is 0 Å². The summed E-state index contributed by atoms with van der Waals surface area (Å²) in [6, 6.07) is 8.37. The Morgan fingerprint density at radius 1 is 1.14 bits per heavy atom. The van der Waals surface area contributed by atoms with E-state index in [-0.39, 0.29) is 5.92 Å². The molecule has 0 saturated heterocycles. The molecule has 0 atom stereocenters. The van der Waals surface area contributed by atoms with Gasteiger partial charge in [-0.1, -0.05) is 25.0 Å². The Morgan fingerprint density at radius 3 is 2.50 bits per heavy atom. The molecule has 120 valence electrons. The summed E-state index contributed by atoms with van der Waals surface area (Å²) >= 11 is 0. The second-order valence-corrected chi connectivity index (χ2v) is 6.75. The SMILES string of the molecule is CN(C)CCN1CCN(C(=O)C2CCCC2)c2ccccc21. The second kappa shape index (κ2) is 6.69. The van der Waals surface area contributed by atoms with E-state index in [9.17, 15) is 4.79 Å². The van der Waals surface area contributed by atoms with E-state index in [4.69, 9.17) is 0 Å². The van der Waals surface area contributed by atoms with Crippen molar-refractivity contribution in [3.05, 3.63) is 24.3 Å². The monoisotopic (exact) mass is 301 g/mol. The van der Waals surface area contributed by atoms with Crippen molar-refractivity contribution in [3.63, 3.8) is 0 Å². The number of fused-ring (bicyclic) bond motifs is 1. The predicted molar refractivity (Wildman–Crippen MR) is 91.5 cm³/mol. The van der Waals surface area contributed by atoms with Gasteiger partial charge in [0.15, 0.2) is 0 Å². The van der Waals surface area contributed by atoms with Gasteiger partial charge >= 0.3 is 0 Å². The van der Waals surface area contributed by atoms with Crippen molar-refractivity contribution in [2.24, 2.45) is 5.92 Å². The third kappa shape index (κ3) is 3.12. The maximum Gasteiger partial charge on any atom is 0.230 e. The van der Waals surface area contributed by atoms with Gasteiger partial charge in [-0.15, -0.1) is 0 Å². The zero-order valence-electron chi connectivity index (χ0n) is 13.8. The summed E-state index contributed by atoms with van der Waals surface area (Å²) in [6.45, 7) is 3.80. The van der Waals surface area contributed by atoms with Crippen LogP contribution in [0.15, 0.2) is 24.3 Å². The number of likely N-dealkylation sites (N-methyl/N-ethyl adjacent to an activating group) is 1. The number of hydrogen-bond acceptors (Lipinski definition) is 3. The highest BCUT2D eigenvalue weighted by Crippen LogP contribution is 2.35. The smallest absolute Gasteiger partial charge is 0.230 e. The van der Waals surface area contributed by atoms with Gasteiger partial charge in [-0.05, 0) is 39.1 Å². The summed E-state index contributed by atoms with van der Waals surface area (Å²) in [5.41, 5.74) is 2.31. The van der Waals surface area contributed by atoms with Crippen molar-refractivity contribution in [1.29, 1.82) is 0 Å². The molecular formula is C18H27N3O. The first-order chi connectivity index (χ1) is 10.7. The number of para-hydroxylation sites is 2. The molecule has 1 amide bonds. The van der Waals surface area contributed by atoms with Crippen LogP contribution in [0.1, 0.15) is 25.7 Å².